The zero-order chi connectivity index (χ0) is 18.7. The molecule has 0 aliphatic heterocycles. The summed E-state index contributed by atoms with van der Waals surface area (Å²) in [5.74, 6) is -0.223. The van der Waals surface area contributed by atoms with Crippen LogP contribution in [0.3, 0.4) is 0 Å². The molecule has 2 aromatic heterocycles. The summed E-state index contributed by atoms with van der Waals surface area (Å²) in [6, 6.07) is 5.56. The summed E-state index contributed by atoms with van der Waals surface area (Å²) in [5, 5.41) is 9.80. The second kappa shape index (κ2) is 8.50. The van der Waals surface area contributed by atoms with Gasteiger partial charge in [0.15, 0.2) is 11.4 Å². The van der Waals surface area contributed by atoms with E-state index in [1.165, 1.54) is 0 Å². The number of ketones is 1. The Morgan fingerprint density at radius 2 is 2.15 bits per heavy atom. The number of imidazole rings is 1. The van der Waals surface area contributed by atoms with E-state index >= 15 is 0 Å². The molecule has 3 aromatic rings. The first-order valence-electron chi connectivity index (χ1n) is 7.81. The number of hydrogen-bond acceptors (Lipinski definition) is 4. The van der Waals surface area contributed by atoms with Gasteiger partial charge in [-0.15, -0.1) is 0 Å². The van der Waals surface area contributed by atoms with Crippen molar-refractivity contribution in [3.8, 4) is 0 Å². The number of carbonyl (C=O) groups is 1. The maximum atomic E-state index is 12.6. The number of hydrogen-bond donors (Lipinski definition) is 1. The Morgan fingerprint density at radius 1 is 1.35 bits per heavy atom. The molecule has 0 radical (unpaired) electrons. The van der Waals surface area contributed by atoms with Crippen molar-refractivity contribution in [1.82, 2.24) is 9.38 Å². The monoisotopic (exact) mass is 456 g/mol. The summed E-state index contributed by atoms with van der Waals surface area (Å²) in [5.41, 5.74) is 2.50. The zero-order valence-electron chi connectivity index (χ0n) is 13.6. The lowest BCUT2D eigenvalue weighted by Gasteiger charge is -2.14. The van der Waals surface area contributed by atoms with Gasteiger partial charge < -0.3 is 14.2 Å². The molecule has 3 rings (SSSR count). The van der Waals surface area contributed by atoms with Gasteiger partial charge >= 0.3 is 0 Å². The van der Waals surface area contributed by atoms with E-state index in [-0.39, 0.29) is 25.6 Å². The van der Waals surface area contributed by atoms with E-state index in [0.29, 0.717) is 33.2 Å². The molecule has 2 heterocycles. The van der Waals surface area contributed by atoms with Gasteiger partial charge in [-0.2, -0.15) is 0 Å². The Kier molecular flexibility index (Phi) is 6.32. The molecule has 5 nitrogen and oxygen atoms in total. The molecular weight excluding hydrogens is 443 g/mol. The molecule has 0 unspecified atom stereocenters. The lowest BCUT2D eigenvalue weighted by atomic mass is 9.99. The highest BCUT2D eigenvalue weighted by atomic mass is 79.9. The SMILES string of the molecule is O=C(COCCO)c1cn2ccnc2c(Cl)c1Cc1ccc(Br)cc1Cl. The number of pyridine rings is 1. The number of halogens is 3. The minimum absolute atomic E-state index is 0.0979. The van der Waals surface area contributed by atoms with Gasteiger partial charge in [0.1, 0.15) is 6.61 Å². The summed E-state index contributed by atoms with van der Waals surface area (Å²) in [7, 11) is 0. The van der Waals surface area contributed by atoms with Gasteiger partial charge in [0.05, 0.1) is 18.2 Å². The molecule has 8 heteroatoms. The minimum atomic E-state index is -0.223. The van der Waals surface area contributed by atoms with E-state index in [1.54, 1.807) is 29.1 Å². The Hall–Kier alpha value is -1.44. The van der Waals surface area contributed by atoms with E-state index in [4.69, 9.17) is 33.0 Å². The number of rotatable bonds is 7. The molecule has 0 bridgehead atoms. The van der Waals surface area contributed by atoms with Gasteiger partial charge in [0, 0.05) is 40.1 Å². The van der Waals surface area contributed by atoms with E-state index in [2.05, 4.69) is 20.9 Å². The van der Waals surface area contributed by atoms with Crippen LogP contribution < -0.4 is 0 Å². The van der Waals surface area contributed by atoms with Gasteiger partial charge in [-0.3, -0.25) is 4.79 Å². The Bertz CT molecular complexity index is 959. The average Bonchev–Trinajstić information content (AvgIpc) is 3.08. The molecular formula is C18H15BrCl2N2O3. The quantitative estimate of drug-likeness (QED) is 0.426. The first kappa shape index (κ1) is 19.3. The first-order valence-corrected chi connectivity index (χ1v) is 9.36. The number of ether oxygens (including phenoxy) is 1. The molecule has 0 atom stereocenters. The number of aromatic nitrogens is 2. The van der Waals surface area contributed by atoms with Crippen LogP contribution in [0.2, 0.25) is 10.0 Å². The fraction of sp³-hybridized carbons (Fsp3) is 0.222. The van der Waals surface area contributed by atoms with Crippen molar-refractivity contribution in [1.29, 1.82) is 0 Å². The standard InChI is InChI=1S/C18H15BrCl2N2O3/c19-12-2-1-11(15(20)8-12)7-13-14(16(25)10-26-6-5-24)9-23-4-3-22-18(23)17(13)21/h1-4,8-9,24H,5-7,10H2. The fourth-order valence-electron chi connectivity index (χ4n) is 2.63. The molecule has 0 aliphatic rings. The van der Waals surface area contributed by atoms with Gasteiger partial charge in [0.25, 0.3) is 0 Å². The van der Waals surface area contributed by atoms with Crippen LogP contribution in [0, 0.1) is 0 Å². The molecule has 1 N–H and O–H groups in total. The number of Topliss-reactive ketones (excluding diaryl/α,β-unsaturated/α-hetero) is 1. The summed E-state index contributed by atoms with van der Waals surface area (Å²) in [4.78, 5) is 16.9. The molecule has 136 valence electrons. The maximum Gasteiger partial charge on any atom is 0.190 e. The first-order chi connectivity index (χ1) is 12.5. The normalized spacial score (nSPS) is 11.2. The molecule has 0 fully saturated rings. The van der Waals surface area contributed by atoms with Crippen molar-refractivity contribution < 1.29 is 14.6 Å². The smallest absolute Gasteiger partial charge is 0.190 e. The maximum absolute atomic E-state index is 12.6. The molecule has 26 heavy (non-hydrogen) atoms. The van der Waals surface area contributed by atoms with E-state index < -0.39 is 0 Å². The van der Waals surface area contributed by atoms with Crippen molar-refractivity contribution in [3.05, 3.63) is 68.0 Å². The number of nitrogens with zero attached hydrogens (tertiary/aromatic N) is 2. The summed E-state index contributed by atoms with van der Waals surface area (Å²) in [6.45, 7) is -0.186. The fourth-order valence-corrected chi connectivity index (χ4v) is 3.69. The van der Waals surface area contributed by atoms with Crippen molar-refractivity contribution in [3.63, 3.8) is 0 Å². The number of fused-ring (bicyclic) bond motifs is 1. The van der Waals surface area contributed by atoms with Gasteiger partial charge in [-0.05, 0) is 23.3 Å². The predicted molar refractivity (Wildman–Crippen MR) is 104 cm³/mol. The summed E-state index contributed by atoms with van der Waals surface area (Å²) < 4.78 is 7.75. The van der Waals surface area contributed by atoms with Crippen LogP contribution in [0.25, 0.3) is 5.65 Å². The third kappa shape index (κ3) is 4.10. The summed E-state index contributed by atoms with van der Waals surface area (Å²) >= 11 is 16.3. The molecule has 0 spiro atoms. The molecule has 0 aliphatic carbocycles. The number of aliphatic hydroxyl groups is 1. The largest absolute Gasteiger partial charge is 0.394 e. The third-order valence-corrected chi connectivity index (χ3v) is 5.12. The molecule has 0 amide bonds. The van der Waals surface area contributed by atoms with E-state index in [9.17, 15) is 4.79 Å². The highest BCUT2D eigenvalue weighted by Crippen LogP contribution is 2.31. The second-order valence-corrected chi connectivity index (χ2v) is 7.31. The number of benzene rings is 1. The number of carbonyl (C=O) groups excluding carboxylic acids is 1. The highest BCUT2D eigenvalue weighted by Gasteiger charge is 2.20. The average molecular weight is 458 g/mol. The van der Waals surface area contributed by atoms with Crippen LogP contribution in [0.4, 0.5) is 0 Å². The molecule has 0 saturated heterocycles. The van der Waals surface area contributed by atoms with E-state index in [1.807, 2.05) is 12.1 Å². The lowest BCUT2D eigenvalue weighted by Crippen LogP contribution is -2.15. The van der Waals surface area contributed by atoms with Crippen molar-refractivity contribution in [2.24, 2.45) is 0 Å². The van der Waals surface area contributed by atoms with Gasteiger partial charge in [0.2, 0.25) is 0 Å². The predicted octanol–water partition coefficient (Wildman–Crippen LogP) is 4.19. The van der Waals surface area contributed by atoms with Crippen LogP contribution in [-0.4, -0.2) is 40.1 Å². The van der Waals surface area contributed by atoms with E-state index in [0.717, 1.165) is 10.0 Å². The van der Waals surface area contributed by atoms with Crippen LogP contribution in [0.15, 0.2) is 41.3 Å². The van der Waals surface area contributed by atoms with Gasteiger partial charge in [-0.1, -0.05) is 45.2 Å². The number of aliphatic hydroxyl groups excluding tert-OH is 1. The van der Waals surface area contributed by atoms with Crippen LogP contribution in [0.5, 0.6) is 0 Å². The van der Waals surface area contributed by atoms with Crippen molar-refractivity contribution >= 4 is 50.6 Å². The van der Waals surface area contributed by atoms with Crippen LogP contribution in [0.1, 0.15) is 21.5 Å². The molecule has 0 saturated carbocycles. The topological polar surface area (TPSA) is 63.8 Å². The summed E-state index contributed by atoms with van der Waals surface area (Å²) in [6.07, 6.45) is 5.42. The van der Waals surface area contributed by atoms with Gasteiger partial charge in [-0.25, -0.2) is 4.98 Å². The highest BCUT2D eigenvalue weighted by molar-refractivity contribution is 9.10. The molecule has 1 aromatic carbocycles. The lowest BCUT2D eigenvalue weighted by molar-refractivity contribution is 0.0663. The Balaban J connectivity index is 2.04. The van der Waals surface area contributed by atoms with Crippen LogP contribution in [-0.2, 0) is 11.2 Å². The van der Waals surface area contributed by atoms with Crippen LogP contribution >= 0.6 is 39.1 Å². The Morgan fingerprint density at radius 3 is 2.88 bits per heavy atom. The van der Waals surface area contributed by atoms with Crippen molar-refractivity contribution in [2.45, 2.75) is 6.42 Å². The third-order valence-electron chi connectivity index (χ3n) is 3.87. The van der Waals surface area contributed by atoms with Crippen molar-refractivity contribution in [2.75, 3.05) is 19.8 Å². The zero-order valence-corrected chi connectivity index (χ0v) is 16.7. The minimum Gasteiger partial charge on any atom is -0.394 e. The second-order valence-electron chi connectivity index (χ2n) is 5.61. The Labute approximate surface area is 168 Å².